The van der Waals surface area contributed by atoms with E-state index in [1.807, 2.05) is 6.20 Å². The number of nitrogens with one attached hydrogen (secondary N) is 1. The van der Waals surface area contributed by atoms with E-state index in [1.54, 1.807) is 7.11 Å². The Kier molecular flexibility index (Phi) is 5.77. The van der Waals surface area contributed by atoms with E-state index in [-0.39, 0.29) is 0 Å². The van der Waals surface area contributed by atoms with Crippen molar-refractivity contribution in [2.24, 2.45) is 0 Å². The van der Waals surface area contributed by atoms with Crippen molar-refractivity contribution >= 4 is 21.8 Å². The third kappa shape index (κ3) is 3.86. The van der Waals surface area contributed by atoms with Gasteiger partial charge in [-0.2, -0.15) is 0 Å². The Morgan fingerprint density at radius 1 is 1.13 bits per heavy atom. The molecule has 0 saturated carbocycles. The first-order chi connectivity index (χ1) is 14.8. The van der Waals surface area contributed by atoms with E-state index in [9.17, 15) is 0 Å². The molecular weight excluding hydrogens is 378 g/mol. The molecule has 0 bridgehead atoms. The minimum Gasteiger partial charge on any atom is -0.493 e. The van der Waals surface area contributed by atoms with Crippen LogP contribution in [-0.4, -0.2) is 61.4 Å². The second-order valence-corrected chi connectivity index (χ2v) is 8.43. The molecule has 4 heterocycles. The summed E-state index contributed by atoms with van der Waals surface area (Å²) in [6.07, 6.45) is 7.65. The molecule has 0 spiro atoms. The summed E-state index contributed by atoms with van der Waals surface area (Å²) in [5.41, 5.74) is 3.36. The maximum atomic E-state index is 6.13. The Balaban J connectivity index is 1.42. The maximum Gasteiger partial charge on any atom is 0.163 e. The van der Waals surface area contributed by atoms with E-state index in [4.69, 9.17) is 19.2 Å². The molecular formula is C24H31N3O3. The van der Waals surface area contributed by atoms with Gasteiger partial charge in [-0.3, -0.25) is 4.98 Å². The standard InChI is InChI=1S/C24H31N3O3/c1-28-21-15-18-20(16-22(21)30-12-4-11-27-9-2-3-10-27)26-19-5-8-25-24(23(18)19)17-6-13-29-14-7-17/h5,8,15-17,26H,2-4,6-7,9-14H2,1H3. The zero-order chi connectivity index (χ0) is 20.3. The molecule has 1 aromatic carbocycles. The van der Waals surface area contributed by atoms with Crippen molar-refractivity contribution in [3.8, 4) is 11.5 Å². The second-order valence-electron chi connectivity index (χ2n) is 8.43. The molecule has 2 aliphatic heterocycles. The number of pyridine rings is 1. The van der Waals surface area contributed by atoms with Gasteiger partial charge in [0.05, 0.1) is 24.9 Å². The van der Waals surface area contributed by atoms with E-state index < -0.39 is 0 Å². The molecule has 0 amide bonds. The lowest BCUT2D eigenvalue weighted by Crippen LogP contribution is -2.21. The summed E-state index contributed by atoms with van der Waals surface area (Å²) < 4.78 is 17.4. The van der Waals surface area contributed by atoms with Gasteiger partial charge in [-0.05, 0) is 57.3 Å². The molecule has 3 aromatic rings. The highest BCUT2D eigenvalue weighted by molar-refractivity contribution is 6.09. The van der Waals surface area contributed by atoms with Crippen LogP contribution in [0.3, 0.4) is 0 Å². The van der Waals surface area contributed by atoms with E-state index in [2.05, 4.69) is 28.1 Å². The minimum absolute atomic E-state index is 0.439. The Morgan fingerprint density at radius 2 is 1.97 bits per heavy atom. The number of likely N-dealkylation sites (tertiary alicyclic amines) is 1. The molecule has 2 saturated heterocycles. The lowest BCUT2D eigenvalue weighted by molar-refractivity contribution is 0.0848. The number of H-pyrrole nitrogens is 1. The summed E-state index contributed by atoms with van der Waals surface area (Å²) in [7, 11) is 1.71. The summed E-state index contributed by atoms with van der Waals surface area (Å²) in [5, 5.41) is 2.36. The van der Waals surface area contributed by atoms with E-state index in [0.717, 1.165) is 66.9 Å². The SMILES string of the molecule is COc1cc2c(cc1OCCCN1CCCC1)[nH]c1ccnc(C3CCOCC3)c12. The fourth-order valence-corrected chi connectivity index (χ4v) is 4.91. The summed E-state index contributed by atoms with van der Waals surface area (Å²) in [4.78, 5) is 10.9. The summed E-state index contributed by atoms with van der Waals surface area (Å²) in [6.45, 7) is 5.89. The number of methoxy groups -OCH3 is 1. The summed E-state index contributed by atoms with van der Waals surface area (Å²) in [6, 6.07) is 6.24. The molecule has 2 fully saturated rings. The highest BCUT2D eigenvalue weighted by Gasteiger charge is 2.22. The average molecular weight is 410 g/mol. The van der Waals surface area contributed by atoms with Crippen molar-refractivity contribution in [3.63, 3.8) is 0 Å². The second kappa shape index (κ2) is 8.82. The van der Waals surface area contributed by atoms with Crippen LogP contribution in [-0.2, 0) is 4.74 Å². The van der Waals surface area contributed by atoms with Gasteiger partial charge in [-0.25, -0.2) is 0 Å². The van der Waals surface area contributed by atoms with Crippen LogP contribution in [0.1, 0.15) is 43.7 Å². The Bertz CT molecular complexity index is 1000. The molecule has 6 heteroatoms. The van der Waals surface area contributed by atoms with Crippen LogP contribution < -0.4 is 9.47 Å². The van der Waals surface area contributed by atoms with Gasteiger partial charge in [0.15, 0.2) is 11.5 Å². The van der Waals surface area contributed by atoms with Gasteiger partial charge in [-0.1, -0.05) is 0 Å². The van der Waals surface area contributed by atoms with E-state index in [1.165, 1.54) is 37.0 Å². The molecule has 0 atom stereocenters. The van der Waals surface area contributed by atoms with Crippen molar-refractivity contribution in [1.29, 1.82) is 0 Å². The predicted molar refractivity (Wildman–Crippen MR) is 119 cm³/mol. The van der Waals surface area contributed by atoms with Gasteiger partial charge < -0.3 is 24.1 Å². The van der Waals surface area contributed by atoms with Crippen LogP contribution in [0.15, 0.2) is 24.4 Å². The third-order valence-electron chi connectivity index (χ3n) is 6.51. The number of fused-ring (bicyclic) bond motifs is 3. The number of rotatable bonds is 7. The number of ether oxygens (including phenoxy) is 3. The average Bonchev–Trinajstić information content (AvgIpc) is 3.43. The number of nitrogens with zero attached hydrogens (tertiary/aromatic N) is 2. The van der Waals surface area contributed by atoms with E-state index in [0.29, 0.717) is 12.5 Å². The number of aromatic nitrogens is 2. The Labute approximate surface area is 177 Å². The fraction of sp³-hybridized carbons (Fsp3) is 0.542. The molecule has 30 heavy (non-hydrogen) atoms. The molecule has 1 N–H and O–H groups in total. The summed E-state index contributed by atoms with van der Waals surface area (Å²) in [5.74, 6) is 2.03. The van der Waals surface area contributed by atoms with Gasteiger partial charge in [0.2, 0.25) is 0 Å². The lowest BCUT2D eigenvalue weighted by Gasteiger charge is -2.22. The van der Waals surface area contributed by atoms with Crippen LogP contribution in [0.25, 0.3) is 21.8 Å². The van der Waals surface area contributed by atoms with Gasteiger partial charge >= 0.3 is 0 Å². The number of aromatic amines is 1. The molecule has 0 radical (unpaired) electrons. The first-order valence-electron chi connectivity index (χ1n) is 11.2. The zero-order valence-corrected chi connectivity index (χ0v) is 17.8. The fourth-order valence-electron chi connectivity index (χ4n) is 4.91. The number of benzene rings is 1. The van der Waals surface area contributed by atoms with Crippen molar-refractivity contribution in [2.75, 3.05) is 46.6 Å². The molecule has 5 rings (SSSR count). The van der Waals surface area contributed by atoms with Gasteiger partial charge in [0.25, 0.3) is 0 Å². The Hall–Kier alpha value is -2.31. The molecule has 6 nitrogen and oxygen atoms in total. The molecule has 2 aliphatic rings. The first kappa shape index (κ1) is 19.6. The van der Waals surface area contributed by atoms with Crippen molar-refractivity contribution in [3.05, 3.63) is 30.1 Å². The van der Waals surface area contributed by atoms with Gasteiger partial charge in [0.1, 0.15) is 0 Å². The maximum absolute atomic E-state index is 6.13. The van der Waals surface area contributed by atoms with Crippen molar-refractivity contribution < 1.29 is 14.2 Å². The van der Waals surface area contributed by atoms with Crippen LogP contribution in [0, 0.1) is 0 Å². The predicted octanol–water partition coefficient (Wildman–Crippen LogP) is 4.48. The first-order valence-corrected chi connectivity index (χ1v) is 11.2. The van der Waals surface area contributed by atoms with Crippen LogP contribution in [0.5, 0.6) is 11.5 Å². The van der Waals surface area contributed by atoms with E-state index >= 15 is 0 Å². The van der Waals surface area contributed by atoms with Gasteiger partial charge in [0, 0.05) is 54.2 Å². The van der Waals surface area contributed by atoms with Crippen LogP contribution >= 0.6 is 0 Å². The highest BCUT2D eigenvalue weighted by atomic mass is 16.5. The van der Waals surface area contributed by atoms with Crippen LogP contribution in [0.4, 0.5) is 0 Å². The highest BCUT2D eigenvalue weighted by Crippen LogP contribution is 2.39. The minimum atomic E-state index is 0.439. The number of hydrogen-bond acceptors (Lipinski definition) is 5. The number of hydrogen-bond donors (Lipinski definition) is 1. The van der Waals surface area contributed by atoms with Gasteiger partial charge in [-0.15, -0.1) is 0 Å². The normalized spacial score (nSPS) is 18.4. The largest absolute Gasteiger partial charge is 0.493 e. The topological polar surface area (TPSA) is 59.6 Å². The van der Waals surface area contributed by atoms with Crippen molar-refractivity contribution in [1.82, 2.24) is 14.9 Å². The molecule has 0 aliphatic carbocycles. The summed E-state index contributed by atoms with van der Waals surface area (Å²) >= 11 is 0. The van der Waals surface area contributed by atoms with Crippen molar-refractivity contribution in [2.45, 2.75) is 38.0 Å². The quantitative estimate of drug-likeness (QED) is 0.583. The smallest absolute Gasteiger partial charge is 0.163 e. The molecule has 0 unspecified atom stereocenters. The molecule has 160 valence electrons. The monoisotopic (exact) mass is 409 g/mol. The van der Waals surface area contributed by atoms with Crippen LogP contribution in [0.2, 0.25) is 0 Å². The zero-order valence-electron chi connectivity index (χ0n) is 17.8. The molecule has 2 aromatic heterocycles. The third-order valence-corrected chi connectivity index (χ3v) is 6.51. The Morgan fingerprint density at radius 3 is 2.77 bits per heavy atom. The lowest BCUT2D eigenvalue weighted by atomic mass is 9.93.